The third-order valence-electron chi connectivity index (χ3n) is 4.40. The van der Waals surface area contributed by atoms with Gasteiger partial charge >= 0.3 is 0 Å². The van der Waals surface area contributed by atoms with Gasteiger partial charge in [-0.1, -0.05) is 6.07 Å². The monoisotopic (exact) mass is 398 g/mol. The zero-order valence-corrected chi connectivity index (χ0v) is 16.6. The van der Waals surface area contributed by atoms with Gasteiger partial charge in [0.15, 0.2) is 11.6 Å². The number of sulfonamides is 1. The fourth-order valence-electron chi connectivity index (χ4n) is 2.45. The highest BCUT2D eigenvalue weighted by atomic mass is 32.2. The molecule has 2 aromatic rings. The Bertz CT molecular complexity index is 871. The molecule has 0 radical (unpaired) electrons. The van der Waals surface area contributed by atoms with Crippen molar-refractivity contribution in [3.05, 3.63) is 59.7 Å². The van der Waals surface area contributed by atoms with Crippen LogP contribution in [0, 0.1) is 11.6 Å². The molecule has 2 aromatic carbocycles. The average Bonchev–Trinajstić information content (AvgIpc) is 2.63. The van der Waals surface area contributed by atoms with Gasteiger partial charge in [-0.25, -0.2) is 21.5 Å². The number of hydrogen-bond donors (Lipinski definition) is 0. The molecule has 0 aliphatic heterocycles. The van der Waals surface area contributed by atoms with Gasteiger partial charge in [-0.05, 0) is 55.9 Å². The number of rotatable bonds is 8. The van der Waals surface area contributed by atoms with Crippen LogP contribution in [0.3, 0.4) is 0 Å². The van der Waals surface area contributed by atoms with Crippen molar-refractivity contribution >= 4 is 10.0 Å². The molecule has 1 unspecified atom stereocenters. The summed E-state index contributed by atoms with van der Waals surface area (Å²) < 4.78 is 57.3. The van der Waals surface area contributed by atoms with E-state index in [-0.39, 0.29) is 10.9 Å². The fourth-order valence-corrected chi connectivity index (χ4v) is 3.35. The Hall–Kier alpha value is -2.03. The highest BCUT2D eigenvalue weighted by Gasteiger charge is 2.17. The molecule has 0 saturated heterocycles. The Kier molecular flexibility index (Phi) is 6.91. The maximum absolute atomic E-state index is 13.4. The molecule has 0 bridgehead atoms. The Balaban J connectivity index is 1.91. The van der Waals surface area contributed by atoms with E-state index in [4.69, 9.17) is 4.74 Å². The van der Waals surface area contributed by atoms with Crippen LogP contribution in [-0.2, 0) is 10.0 Å². The average molecular weight is 398 g/mol. The molecule has 8 heteroatoms. The normalized spacial score (nSPS) is 13.2. The van der Waals surface area contributed by atoms with Crippen molar-refractivity contribution in [2.45, 2.75) is 17.9 Å². The lowest BCUT2D eigenvalue weighted by atomic mass is 10.1. The van der Waals surface area contributed by atoms with Gasteiger partial charge in [-0.15, -0.1) is 0 Å². The smallest absolute Gasteiger partial charge is 0.242 e. The van der Waals surface area contributed by atoms with E-state index < -0.39 is 21.7 Å². The predicted octanol–water partition coefficient (Wildman–Crippen LogP) is 3.29. The Labute approximate surface area is 159 Å². The first-order valence-corrected chi connectivity index (χ1v) is 9.87. The highest BCUT2D eigenvalue weighted by molar-refractivity contribution is 7.89. The molecule has 0 spiro atoms. The van der Waals surface area contributed by atoms with Gasteiger partial charge in [0.1, 0.15) is 12.4 Å². The van der Waals surface area contributed by atoms with Crippen molar-refractivity contribution in [1.29, 1.82) is 0 Å². The predicted molar refractivity (Wildman–Crippen MR) is 100 cm³/mol. The molecule has 1 atom stereocenters. The molecule has 0 heterocycles. The van der Waals surface area contributed by atoms with Gasteiger partial charge in [0.25, 0.3) is 0 Å². The summed E-state index contributed by atoms with van der Waals surface area (Å²) in [6.07, 6.45) is 0. The van der Waals surface area contributed by atoms with Crippen LogP contribution in [0.2, 0.25) is 0 Å². The molecule has 0 saturated carbocycles. The van der Waals surface area contributed by atoms with E-state index in [0.717, 1.165) is 10.4 Å². The second kappa shape index (κ2) is 8.77. The van der Waals surface area contributed by atoms with E-state index in [0.29, 0.717) is 24.5 Å². The molecular formula is C19H24F2N2O3S. The van der Waals surface area contributed by atoms with Crippen LogP contribution >= 0.6 is 0 Å². The lowest BCUT2D eigenvalue weighted by molar-refractivity contribution is 0.200. The Morgan fingerprint density at radius 3 is 2.19 bits per heavy atom. The SMILES string of the molecule is CC(c1ccc(F)c(F)c1)N(C)CCOc1ccc(S(=O)(=O)N(C)C)cc1. The quantitative estimate of drug-likeness (QED) is 0.685. The van der Waals surface area contributed by atoms with E-state index in [1.807, 2.05) is 18.9 Å². The zero-order chi connectivity index (χ0) is 20.2. The summed E-state index contributed by atoms with van der Waals surface area (Å²) in [5.74, 6) is -1.17. The van der Waals surface area contributed by atoms with Crippen molar-refractivity contribution in [2.24, 2.45) is 0 Å². The molecular weight excluding hydrogens is 374 g/mol. The molecule has 148 valence electrons. The van der Waals surface area contributed by atoms with Crippen LogP contribution in [0.1, 0.15) is 18.5 Å². The minimum atomic E-state index is -3.46. The second-order valence-corrected chi connectivity index (χ2v) is 8.59. The van der Waals surface area contributed by atoms with Crippen molar-refractivity contribution in [3.63, 3.8) is 0 Å². The number of benzene rings is 2. The summed E-state index contributed by atoms with van der Waals surface area (Å²) in [6, 6.07) is 9.97. The maximum Gasteiger partial charge on any atom is 0.242 e. The minimum absolute atomic E-state index is 0.115. The van der Waals surface area contributed by atoms with E-state index in [1.54, 1.807) is 18.2 Å². The molecule has 2 rings (SSSR count). The van der Waals surface area contributed by atoms with E-state index in [9.17, 15) is 17.2 Å². The van der Waals surface area contributed by atoms with Crippen molar-refractivity contribution in [2.75, 3.05) is 34.3 Å². The largest absolute Gasteiger partial charge is 0.492 e. The summed E-state index contributed by atoms with van der Waals surface area (Å²) in [7, 11) is 1.35. The molecule has 0 aliphatic carbocycles. The standard InChI is InChI=1S/C19H24F2N2O3S/c1-14(15-5-10-18(20)19(21)13-15)23(4)11-12-26-16-6-8-17(9-7-16)27(24,25)22(2)3/h5-10,13-14H,11-12H2,1-4H3. The summed E-state index contributed by atoms with van der Waals surface area (Å²) in [4.78, 5) is 2.15. The lowest BCUT2D eigenvalue weighted by Crippen LogP contribution is -2.27. The molecule has 0 aromatic heterocycles. The van der Waals surface area contributed by atoms with E-state index >= 15 is 0 Å². The van der Waals surface area contributed by atoms with Crippen LogP contribution < -0.4 is 4.74 Å². The lowest BCUT2D eigenvalue weighted by Gasteiger charge is -2.25. The minimum Gasteiger partial charge on any atom is -0.492 e. The van der Waals surface area contributed by atoms with Crippen LogP contribution in [0.5, 0.6) is 5.75 Å². The molecule has 0 aliphatic rings. The molecule has 5 nitrogen and oxygen atoms in total. The topological polar surface area (TPSA) is 49.9 Å². The van der Waals surface area contributed by atoms with Crippen molar-refractivity contribution < 1.29 is 21.9 Å². The molecule has 0 N–H and O–H groups in total. The Morgan fingerprint density at radius 2 is 1.63 bits per heavy atom. The maximum atomic E-state index is 13.4. The molecule has 0 fully saturated rings. The fraction of sp³-hybridized carbons (Fsp3) is 0.368. The summed E-state index contributed by atoms with van der Waals surface area (Å²) in [6.45, 7) is 2.82. The van der Waals surface area contributed by atoms with Crippen molar-refractivity contribution in [3.8, 4) is 5.75 Å². The first-order valence-electron chi connectivity index (χ1n) is 8.43. The zero-order valence-electron chi connectivity index (χ0n) is 15.8. The first-order chi connectivity index (χ1) is 12.6. The Morgan fingerprint density at radius 1 is 1.00 bits per heavy atom. The summed E-state index contributed by atoms with van der Waals surface area (Å²) >= 11 is 0. The number of ether oxygens (including phenoxy) is 1. The van der Waals surface area contributed by atoms with Crippen LogP contribution in [0.4, 0.5) is 8.78 Å². The first kappa shape index (κ1) is 21.3. The van der Waals surface area contributed by atoms with Crippen LogP contribution in [0.25, 0.3) is 0 Å². The van der Waals surface area contributed by atoms with Gasteiger partial charge in [-0.3, -0.25) is 4.90 Å². The van der Waals surface area contributed by atoms with E-state index in [1.165, 1.54) is 32.3 Å². The molecule has 27 heavy (non-hydrogen) atoms. The number of hydrogen-bond acceptors (Lipinski definition) is 4. The van der Waals surface area contributed by atoms with Crippen LogP contribution in [-0.4, -0.2) is 51.9 Å². The van der Waals surface area contributed by atoms with Gasteiger partial charge in [0.2, 0.25) is 10.0 Å². The highest BCUT2D eigenvalue weighted by Crippen LogP contribution is 2.21. The summed E-state index contributed by atoms with van der Waals surface area (Å²) in [5.41, 5.74) is 0.676. The van der Waals surface area contributed by atoms with Gasteiger partial charge in [-0.2, -0.15) is 0 Å². The second-order valence-electron chi connectivity index (χ2n) is 6.44. The van der Waals surface area contributed by atoms with Crippen molar-refractivity contribution in [1.82, 2.24) is 9.21 Å². The summed E-state index contributed by atoms with van der Waals surface area (Å²) in [5, 5.41) is 0. The van der Waals surface area contributed by atoms with Crippen LogP contribution in [0.15, 0.2) is 47.4 Å². The third-order valence-corrected chi connectivity index (χ3v) is 6.23. The number of nitrogens with zero attached hydrogens (tertiary/aromatic N) is 2. The van der Waals surface area contributed by atoms with Gasteiger partial charge in [0.05, 0.1) is 4.90 Å². The van der Waals surface area contributed by atoms with Gasteiger partial charge < -0.3 is 4.74 Å². The third kappa shape index (κ3) is 5.24. The van der Waals surface area contributed by atoms with E-state index in [2.05, 4.69) is 0 Å². The number of halogens is 2. The number of likely N-dealkylation sites (N-methyl/N-ethyl adjacent to an activating group) is 1. The van der Waals surface area contributed by atoms with Gasteiger partial charge in [0, 0.05) is 26.7 Å². The molecule has 0 amide bonds.